The molecule has 0 fully saturated rings. The molecule has 0 radical (unpaired) electrons. The van der Waals surface area contributed by atoms with Crippen LogP contribution in [0.1, 0.15) is 0 Å². The Morgan fingerprint density at radius 2 is 0.565 bits per heavy atom. The molecule has 0 N–H and O–H groups in total. The zero-order valence-electron chi connectivity index (χ0n) is 33.6. The summed E-state index contributed by atoms with van der Waals surface area (Å²) in [5.41, 5.74) is 14.3. The molecule has 12 rings (SSSR count). The average Bonchev–Trinajstić information content (AvgIpc) is 3.88. The van der Waals surface area contributed by atoms with E-state index in [4.69, 9.17) is 15.0 Å². The molecule has 0 unspecified atom stereocenters. The van der Waals surface area contributed by atoms with E-state index in [9.17, 15) is 0 Å². The van der Waals surface area contributed by atoms with Gasteiger partial charge in [-0.2, -0.15) is 0 Å². The SMILES string of the molecule is c1ccc(-c2nc(-c3ccccc3)nc(-c3ccc(-n4c5ccccc5c5c(-c6ccccc6)c6c(c(-c7ccccc7)c54)c4ccccc4n6-c4ccccc4)cc3)n2)cc1. The van der Waals surface area contributed by atoms with Crippen molar-refractivity contribution in [2.75, 3.05) is 0 Å². The van der Waals surface area contributed by atoms with Crippen LogP contribution < -0.4 is 0 Å². The van der Waals surface area contributed by atoms with Gasteiger partial charge in [-0.15, -0.1) is 0 Å². The van der Waals surface area contributed by atoms with Crippen molar-refractivity contribution in [3.63, 3.8) is 0 Å². The van der Waals surface area contributed by atoms with Gasteiger partial charge in [-0.3, -0.25) is 0 Å². The van der Waals surface area contributed by atoms with Crippen LogP contribution in [-0.2, 0) is 0 Å². The van der Waals surface area contributed by atoms with Gasteiger partial charge in [0.2, 0.25) is 0 Å². The number of para-hydroxylation sites is 3. The van der Waals surface area contributed by atoms with Gasteiger partial charge < -0.3 is 9.13 Å². The summed E-state index contributed by atoms with van der Waals surface area (Å²) in [5.74, 6) is 1.90. The number of benzene rings is 9. The molecule has 5 heteroatoms. The standard InChI is InChI=1S/C57H37N5/c1-6-20-38(21-7-1)49-52-46-31-17-19-33-48(46)62(44-36-34-42(35-37-44)57-59-55(40-24-10-3-11-25-40)58-56(60-57)41-26-12-4-13-27-41)54(52)50(39-22-8-2-9-23-39)51-45-30-16-18-32-47(45)61(53(49)51)43-28-14-5-15-29-43/h1-37H. The van der Waals surface area contributed by atoms with Crippen LogP contribution in [0.15, 0.2) is 224 Å². The van der Waals surface area contributed by atoms with E-state index < -0.39 is 0 Å². The number of nitrogens with zero attached hydrogens (tertiary/aromatic N) is 5. The van der Waals surface area contributed by atoms with Crippen LogP contribution >= 0.6 is 0 Å². The largest absolute Gasteiger partial charge is 0.309 e. The quantitative estimate of drug-likeness (QED) is 0.162. The van der Waals surface area contributed by atoms with Crippen LogP contribution in [0.25, 0.3) is 111 Å². The number of hydrogen-bond acceptors (Lipinski definition) is 3. The predicted octanol–water partition coefficient (Wildman–Crippen LogP) is 14.4. The number of aromatic nitrogens is 5. The summed E-state index contributed by atoms with van der Waals surface area (Å²) in [4.78, 5) is 15.0. The molecule has 290 valence electrons. The smallest absolute Gasteiger partial charge is 0.164 e. The summed E-state index contributed by atoms with van der Waals surface area (Å²) in [6, 6.07) is 79.3. The van der Waals surface area contributed by atoms with E-state index in [-0.39, 0.29) is 0 Å². The Hall–Kier alpha value is -8.41. The van der Waals surface area contributed by atoms with Crippen molar-refractivity contribution in [2.24, 2.45) is 0 Å². The fraction of sp³-hybridized carbons (Fsp3) is 0. The fourth-order valence-corrected chi connectivity index (χ4v) is 9.28. The molecule has 0 spiro atoms. The molecule has 0 saturated heterocycles. The monoisotopic (exact) mass is 791 g/mol. The van der Waals surface area contributed by atoms with Gasteiger partial charge in [0.15, 0.2) is 17.5 Å². The second-order valence-corrected chi connectivity index (χ2v) is 15.6. The zero-order chi connectivity index (χ0) is 41.0. The van der Waals surface area contributed by atoms with E-state index in [1.807, 2.05) is 60.7 Å². The Morgan fingerprint density at radius 1 is 0.258 bits per heavy atom. The van der Waals surface area contributed by atoms with Crippen molar-refractivity contribution in [3.05, 3.63) is 224 Å². The van der Waals surface area contributed by atoms with Gasteiger partial charge in [-0.05, 0) is 59.7 Å². The van der Waals surface area contributed by atoms with Crippen LogP contribution in [0, 0.1) is 0 Å². The lowest BCUT2D eigenvalue weighted by atomic mass is 9.90. The van der Waals surface area contributed by atoms with Gasteiger partial charge in [0.1, 0.15) is 0 Å². The summed E-state index contributed by atoms with van der Waals surface area (Å²) in [7, 11) is 0. The molecule has 9 aromatic carbocycles. The van der Waals surface area contributed by atoms with Crippen molar-refractivity contribution in [1.82, 2.24) is 24.1 Å². The maximum absolute atomic E-state index is 5.05. The van der Waals surface area contributed by atoms with Crippen LogP contribution in [0.4, 0.5) is 0 Å². The third kappa shape index (κ3) is 5.75. The second kappa shape index (κ2) is 14.7. The summed E-state index contributed by atoms with van der Waals surface area (Å²) in [6.45, 7) is 0. The van der Waals surface area contributed by atoms with Gasteiger partial charge in [0.05, 0.1) is 22.1 Å². The molecule has 0 amide bonds. The molecule has 0 aliphatic heterocycles. The maximum Gasteiger partial charge on any atom is 0.164 e. The van der Waals surface area contributed by atoms with Gasteiger partial charge in [0.25, 0.3) is 0 Å². The number of rotatable bonds is 7. The van der Waals surface area contributed by atoms with Crippen molar-refractivity contribution in [3.8, 4) is 67.8 Å². The van der Waals surface area contributed by atoms with Crippen molar-refractivity contribution in [2.45, 2.75) is 0 Å². The molecule has 5 nitrogen and oxygen atoms in total. The van der Waals surface area contributed by atoms with Crippen molar-refractivity contribution >= 4 is 43.6 Å². The second-order valence-electron chi connectivity index (χ2n) is 15.6. The van der Waals surface area contributed by atoms with Crippen molar-refractivity contribution < 1.29 is 0 Å². The Morgan fingerprint density at radius 3 is 0.968 bits per heavy atom. The first-order chi connectivity index (χ1) is 30.8. The average molecular weight is 792 g/mol. The highest BCUT2D eigenvalue weighted by Crippen LogP contribution is 2.52. The first-order valence-corrected chi connectivity index (χ1v) is 21.0. The number of fused-ring (bicyclic) bond motifs is 6. The van der Waals surface area contributed by atoms with Gasteiger partial charge in [0, 0.05) is 60.7 Å². The summed E-state index contributed by atoms with van der Waals surface area (Å²) in [6.07, 6.45) is 0. The van der Waals surface area contributed by atoms with Gasteiger partial charge in [-0.1, -0.05) is 176 Å². The summed E-state index contributed by atoms with van der Waals surface area (Å²) in [5, 5.41) is 4.82. The molecular weight excluding hydrogens is 755 g/mol. The molecule has 0 saturated carbocycles. The first kappa shape index (κ1) is 35.5. The highest BCUT2D eigenvalue weighted by molar-refractivity contribution is 6.33. The third-order valence-corrected chi connectivity index (χ3v) is 11.9. The van der Waals surface area contributed by atoms with Crippen LogP contribution in [-0.4, -0.2) is 24.1 Å². The van der Waals surface area contributed by atoms with Gasteiger partial charge in [-0.25, -0.2) is 15.0 Å². The Bertz CT molecular complexity index is 3520. The lowest BCUT2D eigenvalue weighted by molar-refractivity contribution is 1.07. The van der Waals surface area contributed by atoms with Crippen molar-refractivity contribution in [1.29, 1.82) is 0 Å². The topological polar surface area (TPSA) is 48.5 Å². The molecule has 0 atom stereocenters. The zero-order valence-corrected chi connectivity index (χ0v) is 33.6. The van der Waals surface area contributed by atoms with Crippen LogP contribution in [0.3, 0.4) is 0 Å². The fourth-order valence-electron chi connectivity index (χ4n) is 9.28. The molecule has 0 aliphatic rings. The van der Waals surface area contributed by atoms with E-state index in [2.05, 4.69) is 173 Å². The van der Waals surface area contributed by atoms with E-state index in [1.165, 1.54) is 43.8 Å². The highest BCUT2D eigenvalue weighted by Gasteiger charge is 2.28. The molecule has 0 bridgehead atoms. The minimum atomic E-state index is 0.623. The Labute approximate surface area is 358 Å². The van der Waals surface area contributed by atoms with Gasteiger partial charge >= 0.3 is 0 Å². The normalized spacial score (nSPS) is 11.5. The summed E-state index contributed by atoms with van der Waals surface area (Å²) < 4.78 is 4.94. The molecule has 3 aromatic heterocycles. The molecule has 62 heavy (non-hydrogen) atoms. The van der Waals surface area contributed by atoms with E-state index >= 15 is 0 Å². The van der Waals surface area contributed by atoms with E-state index in [0.717, 1.165) is 50.2 Å². The molecular formula is C57H37N5. The van der Waals surface area contributed by atoms with E-state index in [1.54, 1.807) is 0 Å². The number of hydrogen-bond donors (Lipinski definition) is 0. The Balaban J connectivity index is 1.19. The van der Waals surface area contributed by atoms with E-state index in [0.29, 0.717) is 17.5 Å². The highest BCUT2D eigenvalue weighted by atomic mass is 15.0. The Kier molecular flexibility index (Phi) is 8.42. The summed E-state index contributed by atoms with van der Waals surface area (Å²) >= 11 is 0. The minimum absolute atomic E-state index is 0.623. The van der Waals surface area contributed by atoms with Crippen LogP contribution in [0.2, 0.25) is 0 Å². The molecule has 0 aliphatic carbocycles. The lowest BCUT2D eigenvalue weighted by Gasteiger charge is -2.18. The van der Waals surface area contributed by atoms with Crippen LogP contribution in [0.5, 0.6) is 0 Å². The molecule has 3 heterocycles. The predicted molar refractivity (Wildman–Crippen MR) is 256 cm³/mol. The first-order valence-electron chi connectivity index (χ1n) is 21.0. The molecule has 12 aromatic rings. The maximum atomic E-state index is 5.05. The lowest BCUT2D eigenvalue weighted by Crippen LogP contribution is -2.01. The minimum Gasteiger partial charge on any atom is -0.309 e. The third-order valence-electron chi connectivity index (χ3n) is 11.9.